The summed E-state index contributed by atoms with van der Waals surface area (Å²) in [5, 5.41) is 14.8. The average molecular weight is 494 g/mol. The Hall–Kier alpha value is -2.69. The van der Waals surface area contributed by atoms with Crippen LogP contribution in [0.3, 0.4) is 0 Å². The smallest absolute Gasteiger partial charge is 0.338 e. The van der Waals surface area contributed by atoms with Crippen LogP contribution in [0.15, 0.2) is 53.7 Å². The van der Waals surface area contributed by atoms with Gasteiger partial charge in [0.25, 0.3) is 0 Å². The molecule has 0 spiro atoms. The molecule has 9 heteroatoms. The molecule has 0 bridgehead atoms. The van der Waals surface area contributed by atoms with Crippen LogP contribution in [0.4, 0.5) is 0 Å². The van der Waals surface area contributed by atoms with Crippen LogP contribution in [-0.4, -0.2) is 40.2 Å². The standard InChI is InChI=1S/C19H22N6O2.HI/c1-3-27-18(26)15-9-7-14(8-10-15)12-21-19(20-2)22-13-17-24-23-16-6-4-5-11-25(16)17;/h4-11H,3,12-13H2,1-2H3,(H2,20,21,22);1H. The van der Waals surface area contributed by atoms with Gasteiger partial charge in [-0.25, -0.2) is 4.79 Å². The van der Waals surface area contributed by atoms with Crippen LogP contribution < -0.4 is 10.6 Å². The largest absolute Gasteiger partial charge is 0.462 e. The molecular formula is C19H23IN6O2. The lowest BCUT2D eigenvalue weighted by atomic mass is 10.1. The predicted octanol–water partition coefficient (Wildman–Crippen LogP) is 2.39. The summed E-state index contributed by atoms with van der Waals surface area (Å²) in [6.45, 7) is 3.22. The third-order valence-corrected chi connectivity index (χ3v) is 3.95. The van der Waals surface area contributed by atoms with Crippen LogP contribution in [0.2, 0.25) is 0 Å². The number of esters is 1. The number of aromatic nitrogens is 3. The van der Waals surface area contributed by atoms with Crippen LogP contribution >= 0.6 is 24.0 Å². The van der Waals surface area contributed by atoms with Crippen LogP contribution in [0.5, 0.6) is 0 Å². The Morgan fingerprint density at radius 1 is 1.11 bits per heavy atom. The van der Waals surface area contributed by atoms with E-state index in [1.54, 1.807) is 26.1 Å². The molecule has 2 aromatic heterocycles. The van der Waals surface area contributed by atoms with Gasteiger partial charge >= 0.3 is 5.97 Å². The normalized spacial score (nSPS) is 11.0. The van der Waals surface area contributed by atoms with Crippen molar-refractivity contribution in [3.05, 3.63) is 65.6 Å². The van der Waals surface area contributed by atoms with Crippen molar-refractivity contribution in [3.63, 3.8) is 0 Å². The van der Waals surface area contributed by atoms with Crippen molar-refractivity contribution in [2.75, 3.05) is 13.7 Å². The summed E-state index contributed by atoms with van der Waals surface area (Å²) in [5.74, 6) is 1.14. The fourth-order valence-corrected chi connectivity index (χ4v) is 2.55. The summed E-state index contributed by atoms with van der Waals surface area (Å²) in [6, 6.07) is 13.1. The highest BCUT2D eigenvalue weighted by molar-refractivity contribution is 14.0. The van der Waals surface area contributed by atoms with E-state index in [9.17, 15) is 4.79 Å². The van der Waals surface area contributed by atoms with E-state index in [0.29, 0.717) is 31.2 Å². The molecule has 0 amide bonds. The van der Waals surface area contributed by atoms with Crippen molar-refractivity contribution < 1.29 is 9.53 Å². The number of aliphatic imine (C=N–C) groups is 1. The fraction of sp³-hybridized carbons (Fsp3) is 0.263. The maximum absolute atomic E-state index is 11.7. The molecule has 0 unspecified atom stereocenters. The molecule has 0 saturated carbocycles. The minimum absolute atomic E-state index is 0. The molecule has 148 valence electrons. The first kappa shape index (κ1) is 21.6. The van der Waals surface area contributed by atoms with Gasteiger partial charge in [-0.1, -0.05) is 18.2 Å². The molecule has 8 nitrogen and oxygen atoms in total. The second-order valence-electron chi connectivity index (χ2n) is 5.74. The monoisotopic (exact) mass is 494 g/mol. The number of hydrogen-bond acceptors (Lipinski definition) is 5. The zero-order valence-electron chi connectivity index (χ0n) is 15.8. The Morgan fingerprint density at radius 3 is 2.57 bits per heavy atom. The average Bonchev–Trinajstić information content (AvgIpc) is 3.12. The summed E-state index contributed by atoms with van der Waals surface area (Å²) >= 11 is 0. The lowest BCUT2D eigenvalue weighted by Gasteiger charge is -2.11. The summed E-state index contributed by atoms with van der Waals surface area (Å²) in [5.41, 5.74) is 2.37. The number of nitrogens with one attached hydrogen (secondary N) is 2. The van der Waals surface area contributed by atoms with Crippen molar-refractivity contribution in [3.8, 4) is 0 Å². The summed E-state index contributed by atoms with van der Waals surface area (Å²) in [4.78, 5) is 15.9. The van der Waals surface area contributed by atoms with Gasteiger partial charge in [0.15, 0.2) is 17.4 Å². The van der Waals surface area contributed by atoms with Gasteiger partial charge in [0.1, 0.15) is 0 Å². The number of ether oxygens (including phenoxy) is 1. The topological polar surface area (TPSA) is 92.9 Å². The lowest BCUT2D eigenvalue weighted by molar-refractivity contribution is 0.0526. The number of guanidine groups is 1. The van der Waals surface area contributed by atoms with Crippen LogP contribution in [0.25, 0.3) is 5.65 Å². The number of nitrogens with zero attached hydrogens (tertiary/aromatic N) is 4. The van der Waals surface area contributed by atoms with E-state index in [-0.39, 0.29) is 29.9 Å². The Kier molecular flexibility index (Phi) is 8.18. The van der Waals surface area contributed by atoms with Gasteiger partial charge in [0.05, 0.1) is 18.7 Å². The molecule has 3 rings (SSSR count). The number of hydrogen-bond donors (Lipinski definition) is 2. The first-order chi connectivity index (χ1) is 13.2. The molecule has 28 heavy (non-hydrogen) atoms. The van der Waals surface area contributed by atoms with Crippen LogP contribution in [0.1, 0.15) is 28.7 Å². The van der Waals surface area contributed by atoms with Gasteiger partial charge in [-0.15, -0.1) is 34.2 Å². The summed E-state index contributed by atoms with van der Waals surface area (Å²) < 4.78 is 6.91. The van der Waals surface area contributed by atoms with E-state index < -0.39 is 0 Å². The van der Waals surface area contributed by atoms with Crippen molar-refractivity contribution in [2.45, 2.75) is 20.0 Å². The molecule has 3 aromatic rings. The predicted molar refractivity (Wildman–Crippen MR) is 118 cm³/mol. The van der Waals surface area contributed by atoms with E-state index in [0.717, 1.165) is 17.0 Å². The highest BCUT2D eigenvalue weighted by Crippen LogP contribution is 2.06. The fourth-order valence-electron chi connectivity index (χ4n) is 2.55. The molecule has 2 heterocycles. The van der Waals surface area contributed by atoms with E-state index >= 15 is 0 Å². The van der Waals surface area contributed by atoms with Gasteiger partial charge in [-0.3, -0.25) is 9.39 Å². The number of pyridine rings is 1. The number of carbonyl (C=O) groups excluding carboxylic acids is 1. The molecule has 2 N–H and O–H groups in total. The van der Waals surface area contributed by atoms with E-state index in [2.05, 4.69) is 25.8 Å². The summed E-state index contributed by atoms with van der Waals surface area (Å²) in [7, 11) is 1.71. The molecule has 0 aliphatic carbocycles. The molecule has 0 aliphatic heterocycles. The molecular weight excluding hydrogens is 471 g/mol. The van der Waals surface area contributed by atoms with Crippen molar-refractivity contribution >= 4 is 41.6 Å². The number of halogens is 1. The Bertz CT molecular complexity index is 939. The number of benzene rings is 1. The van der Waals surface area contributed by atoms with Crippen LogP contribution in [0, 0.1) is 0 Å². The third kappa shape index (κ3) is 5.41. The molecule has 1 aromatic carbocycles. The lowest BCUT2D eigenvalue weighted by Crippen LogP contribution is -2.36. The number of fused-ring (bicyclic) bond motifs is 1. The van der Waals surface area contributed by atoms with E-state index in [1.807, 2.05) is 40.9 Å². The minimum atomic E-state index is -0.310. The molecule has 0 aliphatic rings. The SMILES string of the molecule is CCOC(=O)c1ccc(CNC(=NC)NCc2nnc3ccccn23)cc1.I. The van der Waals surface area contributed by atoms with Gasteiger partial charge in [-0.2, -0.15) is 0 Å². The molecule has 0 saturated heterocycles. The maximum atomic E-state index is 11.7. The maximum Gasteiger partial charge on any atom is 0.338 e. The first-order valence-electron chi connectivity index (χ1n) is 8.70. The zero-order chi connectivity index (χ0) is 19.1. The van der Waals surface area contributed by atoms with Gasteiger partial charge in [0, 0.05) is 19.8 Å². The van der Waals surface area contributed by atoms with Gasteiger partial charge in [-0.05, 0) is 36.8 Å². The molecule has 0 atom stereocenters. The molecule has 0 fully saturated rings. The van der Waals surface area contributed by atoms with Crippen molar-refractivity contribution in [1.29, 1.82) is 0 Å². The zero-order valence-corrected chi connectivity index (χ0v) is 18.1. The Labute approximate surface area is 180 Å². The number of rotatable bonds is 6. The minimum Gasteiger partial charge on any atom is -0.462 e. The second-order valence-corrected chi connectivity index (χ2v) is 5.74. The van der Waals surface area contributed by atoms with Gasteiger partial charge in [0.2, 0.25) is 0 Å². The Balaban J connectivity index is 0.00000280. The third-order valence-electron chi connectivity index (χ3n) is 3.95. The van der Waals surface area contributed by atoms with Crippen molar-refractivity contribution in [2.24, 2.45) is 4.99 Å². The second kappa shape index (κ2) is 10.6. The molecule has 0 radical (unpaired) electrons. The van der Waals surface area contributed by atoms with Crippen molar-refractivity contribution in [1.82, 2.24) is 25.2 Å². The summed E-state index contributed by atoms with van der Waals surface area (Å²) in [6.07, 6.45) is 1.92. The number of carbonyl (C=O) groups is 1. The van der Waals surface area contributed by atoms with E-state index in [4.69, 9.17) is 4.74 Å². The first-order valence-corrected chi connectivity index (χ1v) is 8.70. The Morgan fingerprint density at radius 2 is 1.86 bits per heavy atom. The highest BCUT2D eigenvalue weighted by atomic mass is 127. The van der Waals surface area contributed by atoms with Gasteiger partial charge < -0.3 is 15.4 Å². The highest BCUT2D eigenvalue weighted by Gasteiger charge is 2.07. The van der Waals surface area contributed by atoms with Crippen LogP contribution in [-0.2, 0) is 17.8 Å². The quantitative estimate of drug-likeness (QED) is 0.237. The van der Waals surface area contributed by atoms with E-state index in [1.165, 1.54) is 0 Å².